The molecular formula is C14H12FNO3S. The number of aryl methyl sites for hydroxylation is 1. The Morgan fingerprint density at radius 1 is 1.25 bits per heavy atom. The lowest BCUT2D eigenvalue weighted by atomic mass is 10.2. The molecule has 1 N–H and O–H groups in total. The van der Waals surface area contributed by atoms with Crippen LogP contribution in [0.5, 0.6) is 0 Å². The molecule has 0 bridgehead atoms. The lowest BCUT2D eigenvalue weighted by molar-refractivity contribution is 0.0607. The van der Waals surface area contributed by atoms with Crippen LogP contribution in [0.3, 0.4) is 0 Å². The normalized spacial score (nSPS) is 10.2. The fraction of sp³-hybridized carbons (Fsp3) is 0.143. The number of thiophene rings is 1. The molecule has 4 nitrogen and oxygen atoms in total. The third-order valence-corrected chi connectivity index (χ3v) is 3.77. The van der Waals surface area contributed by atoms with E-state index in [4.69, 9.17) is 0 Å². The summed E-state index contributed by atoms with van der Waals surface area (Å²) in [6.07, 6.45) is 0. The first kappa shape index (κ1) is 14.2. The molecule has 1 heterocycles. The van der Waals surface area contributed by atoms with Crippen LogP contribution in [0.1, 0.15) is 25.6 Å². The van der Waals surface area contributed by atoms with E-state index >= 15 is 0 Å². The molecule has 104 valence electrons. The van der Waals surface area contributed by atoms with Crippen LogP contribution in [0.4, 0.5) is 10.1 Å². The predicted molar refractivity (Wildman–Crippen MR) is 74.7 cm³/mol. The molecule has 20 heavy (non-hydrogen) atoms. The third kappa shape index (κ3) is 2.85. The summed E-state index contributed by atoms with van der Waals surface area (Å²) in [5.74, 6) is -1.32. The lowest BCUT2D eigenvalue weighted by Crippen LogP contribution is -2.14. The largest absolute Gasteiger partial charge is 0.465 e. The van der Waals surface area contributed by atoms with Gasteiger partial charge in [0.05, 0.1) is 12.8 Å². The van der Waals surface area contributed by atoms with Gasteiger partial charge in [-0.25, -0.2) is 9.18 Å². The van der Waals surface area contributed by atoms with Crippen molar-refractivity contribution in [2.24, 2.45) is 0 Å². The summed E-state index contributed by atoms with van der Waals surface area (Å²) in [7, 11) is 1.28. The molecule has 0 saturated carbocycles. The van der Waals surface area contributed by atoms with Crippen LogP contribution >= 0.6 is 11.3 Å². The predicted octanol–water partition coefficient (Wildman–Crippen LogP) is 3.23. The minimum atomic E-state index is -0.502. The second-order valence-corrected chi connectivity index (χ2v) is 4.96. The average Bonchev–Trinajstić information content (AvgIpc) is 2.80. The Bertz CT molecular complexity index is 649. The van der Waals surface area contributed by atoms with Gasteiger partial charge in [-0.1, -0.05) is 0 Å². The van der Waals surface area contributed by atoms with Crippen LogP contribution in [0.25, 0.3) is 0 Å². The Morgan fingerprint density at radius 3 is 2.50 bits per heavy atom. The van der Waals surface area contributed by atoms with Crippen LogP contribution in [-0.2, 0) is 4.74 Å². The molecule has 0 spiro atoms. The number of benzene rings is 1. The van der Waals surface area contributed by atoms with Crippen LogP contribution in [0, 0.1) is 12.7 Å². The second-order valence-electron chi connectivity index (χ2n) is 4.08. The second kappa shape index (κ2) is 5.83. The highest BCUT2D eigenvalue weighted by Crippen LogP contribution is 2.28. The number of amides is 1. The van der Waals surface area contributed by atoms with Crippen LogP contribution in [0.15, 0.2) is 29.6 Å². The van der Waals surface area contributed by atoms with Crippen molar-refractivity contribution in [1.29, 1.82) is 0 Å². The number of anilines is 1. The average molecular weight is 293 g/mol. The topological polar surface area (TPSA) is 55.4 Å². The molecule has 1 aromatic heterocycles. The van der Waals surface area contributed by atoms with E-state index in [1.807, 2.05) is 0 Å². The molecule has 1 aromatic carbocycles. The number of halogens is 1. The SMILES string of the molecule is COC(=O)c1scc(C)c1NC(=O)c1ccc(F)cc1. The maximum Gasteiger partial charge on any atom is 0.350 e. The number of hydrogen-bond acceptors (Lipinski definition) is 4. The fourth-order valence-electron chi connectivity index (χ4n) is 1.63. The van der Waals surface area contributed by atoms with E-state index < -0.39 is 17.7 Å². The van der Waals surface area contributed by atoms with Gasteiger partial charge in [0.2, 0.25) is 0 Å². The molecule has 2 aromatic rings. The van der Waals surface area contributed by atoms with Crippen LogP contribution in [0.2, 0.25) is 0 Å². The molecule has 0 aliphatic carbocycles. The zero-order valence-corrected chi connectivity index (χ0v) is 11.7. The Hall–Kier alpha value is -2.21. The molecule has 0 aliphatic rings. The first-order valence-electron chi connectivity index (χ1n) is 5.76. The highest BCUT2D eigenvalue weighted by molar-refractivity contribution is 7.12. The van der Waals surface area contributed by atoms with E-state index in [0.29, 0.717) is 16.1 Å². The van der Waals surface area contributed by atoms with Gasteiger partial charge in [0.15, 0.2) is 0 Å². The molecule has 1 amide bonds. The monoisotopic (exact) mass is 293 g/mol. The quantitative estimate of drug-likeness (QED) is 0.884. The summed E-state index contributed by atoms with van der Waals surface area (Å²) in [6.45, 7) is 1.78. The molecule has 0 atom stereocenters. The number of hydrogen-bond donors (Lipinski definition) is 1. The molecule has 2 rings (SSSR count). The number of nitrogens with one attached hydrogen (secondary N) is 1. The zero-order chi connectivity index (χ0) is 14.7. The van der Waals surface area contributed by atoms with Crippen LogP contribution in [-0.4, -0.2) is 19.0 Å². The fourth-order valence-corrected chi connectivity index (χ4v) is 2.55. The first-order valence-corrected chi connectivity index (χ1v) is 6.64. The number of rotatable bonds is 3. The lowest BCUT2D eigenvalue weighted by Gasteiger charge is -2.07. The van der Waals surface area contributed by atoms with E-state index in [-0.39, 0.29) is 0 Å². The van der Waals surface area contributed by atoms with Crippen molar-refractivity contribution in [3.63, 3.8) is 0 Å². The third-order valence-electron chi connectivity index (χ3n) is 2.69. The minimum absolute atomic E-state index is 0.313. The van der Waals surface area contributed by atoms with Gasteiger partial charge in [-0.3, -0.25) is 4.79 Å². The van der Waals surface area contributed by atoms with Gasteiger partial charge in [0.25, 0.3) is 5.91 Å². The molecule has 6 heteroatoms. The maximum absolute atomic E-state index is 12.8. The highest BCUT2D eigenvalue weighted by atomic mass is 32.1. The summed E-state index contributed by atoms with van der Waals surface area (Å²) in [4.78, 5) is 24.0. The van der Waals surface area contributed by atoms with Crippen molar-refractivity contribution < 1.29 is 18.7 Å². The molecule has 0 radical (unpaired) electrons. The highest BCUT2D eigenvalue weighted by Gasteiger charge is 2.19. The number of esters is 1. The molecule has 0 saturated heterocycles. The summed E-state index contributed by atoms with van der Waals surface area (Å²) in [5.41, 5.74) is 1.51. The molecule has 0 fully saturated rings. The van der Waals surface area contributed by atoms with Gasteiger partial charge < -0.3 is 10.1 Å². The van der Waals surface area contributed by atoms with Crippen LogP contribution < -0.4 is 5.32 Å². The van der Waals surface area contributed by atoms with Gasteiger partial charge in [-0.05, 0) is 42.1 Å². The number of carbonyl (C=O) groups is 2. The minimum Gasteiger partial charge on any atom is -0.465 e. The van der Waals surface area contributed by atoms with Crippen molar-refractivity contribution in [2.75, 3.05) is 12.4 Å². The number of ether oxygens (including phenoxy) is 1. The molecule has 0 unspecified atom stereocenters. The van der Waals surface area contributed by atoms with E-state index in [1.165, 1.54) is 42.7 Å². The summed E-state index contributed by atoms with van der Waals surface area (Å²) >= 11 is 1.20. The molecular weight excluding hydrogens is 281 g/mol. The molecule has 0 aliphatic heterocycles. The van der Waals surface area contributed by atoms with Crippen molar-refractivity contribution in [1.82, 2.24) is 0 Å². The standard InChI is InChI=1S/C14H12FNO3S/c1-8-7-20-12(14(18)19-2)11(8)16-13(17)9-3-5-10(15)6-4-9/h3-7H,1-2H3,(H,16,17). The van der Waals surface area contributed by atoms with Gasteiger partial charge >= 0.3 is 5.97 Å². The Morgan fingerprint density at radius 2 is 1.90 bits per heavy atom. The Balaban J connectivity index is 2.26. The number of methoxy groups -OCH3 is 1. The van der Waals surface area contributed by atoms with E-state index in [9.17, 15) is 14.0 Å². The van der Waals surface area contributed by atoms with Gasteiger partial charge in [0, 0.05) is 5.56 Å². The smallest absolute Gasteiger partial charge is 0.350 e. The first-order chi connectivity index (χ1) is 9.52. The van der Waals surface area contributed by atoms with E-state index in [0.717, 1.165) is 5.56 Å². The summed E-state index contributed by atoms with van der Waals surface area (Å²) in [5, 5.41) is 4.41. The maximum atomic E-state index is 12.8. The van der Waals surface area contributed by atoms with Crippen molar-refractivity contribution in [3.8, 4) is 0 Å². The van der Waals surface area contributed by atoms with Gasteiger partial charge in [0.1, 0.15) is 10.7 Å². The summed E-state index contributed by atoms with van der Waals surface area (Å²) in [6, 6.07) is 5.17. The Labute approximate surface area is 119 Å². The van der Waals surface area contributed by atoms with Crippen molar-refractivity contribution >= 4 is 28.9 Å². The number of carbonyl (C=O) groups excluding carboxylic acids is 2. The zero-order valence-electron chi connectivity index (χ0n) is 10.9. The van der Waals surface area contributed by atoms with E-state index in [1.54, 1.807) is 12.3 Å². The van der Waals surface area contributed by atoms with Crippen molar-refractivity contribution in [3.05, 3.63) is 51.5 Å². The van der Waals surface area contributed by atoms with E-state index in [2.05, 4.69) is 10.1 Å². The van der Waals surface area contributed by atoms with Crippen molar-refractivity contribution in [2.45, 2.75) is 6.92 Å². The van der Waals surface area contributed by atoms with Gasteiger partial charge in [-0.2, -0.15) is 0 Å². The summed E-state index contributed by atoms with van der Waals surface area (Å²) < 4.78 is 17.5. The Kier molecular flexibility index (Phi) is 4.14. The van der Waals surface area contributed by atoms with Gasteiger partial charge in [-0.15, -0.1) is 11.3 Å².